The highest BCUT2D eigenvalue weighted by Crippen LogP contribution is 2.12. The number of nitrogens with two attached hydrogens (primary N) is 1. The Labute approximate surface area is 146 Å². The first-order valence-corrected chi connectivity index (χ1v) is 8.02. The topological polar surface area (TPSA) is 112 Å². The summed E-state index contributed by atoms with van der Waals surface area (Å²) in [6, 6.07) is 7.22. The van der Waals surface area contributed by atoms with Crippen LogP contribution in [0.25, 0.3) is 0 Å². The van der Waals surface area contributed by atoms with E-state index in [4.69, 9.17) is 15.2 Å². The molecule has 1 atom stereocenters. The second-order valence-corrected chi connectivity index (χ2v) is 5.48. The predicted octanol–water partition coefficient (Wildman–Crippen LogP) is 1.96. The quantitative estimate of drug-likeness (QED) is 0.698. The summed E-state index contributed by atoms with van der Waals surface area (Å²) in [5.74, 6) is 0.784. The first-order valence-electron chi connectivity index (χ1n) is 8.02. The molecule has 8 nitrogen and oxygen atoms in total. The van der Waals surface area contributed by atoms with Gasteiger partial charge in [-0.15, -0.1) is 0 Å². The van der Waals surface area contributed by atoms with Crippen molar-refractivity contribution in [3.63, 3.8) is 0 Å². The Bertz CT molecular complexity index is 703. The zero-order valence-corrected chi connectivity index (χ0v) is 14.7. The summed E-state index contributed by atoms with van der Waals surface area (Å²) in [5.41, 5.74) is 6.92. The highest BCUT2D eigenvalue weighted by molar-refractivity contribution is 5.90. The van der Waals surface area contributed by atoms with Crippen molar-refractivity contribution in [2.75, 3.05) is 24.8 Å². The number of methoxy groups -OCH3 is 1. The molecular weight excluding hydrogens is 322 g/mol. The molecule has 1 unspecified atom stereocenters. The number of nitrogens with one attached hydrogen (secondary N) is 1. The van der Waals surface area contributed by atoms with Gasteiger partial charge in [0.05, 0.1) is 31.9 Å². The summed E-state index contributed by atoms with van der Waals surface area (Å²) in [6.07, 6.45) is 0.809. The van der Waals surface area contributed by atoms with Gasteiger partial charge in [0, 0.05) is 0 Å². The van der Waals surface area contributed by atoms with Gasteiger partial charge in [-0.2, -0.15) is 15.0 Å². The van der Waals surface area contributed by atoms with Crippen LogP contribution in [-0.4, -0.2) is 40.7 Å². The Balaban J connectivity index is 1.94. The molecule has 0 aliphatic carbocycles. The van der Waals surface area contributed by atoms with Crippen molar-refractivity contribution < 1.29 is 14.3 Å². The van der Waals surface area contributed by atoms with E-state index in [2.05, 4.69) is 20.3 Å². The number of carbonyl (C=O) groups is 1. The highest BCUT2D eigenvalue weighted by Gasteiger charge is 2.13. The van der Waals surface area contributed by atoms with Crippen LogP contribution in [0.15, 0.2) is 24.3 Å². The Morgan fingerprint density at radius 3 is 2.72 bits per heavy atom. The average Bonchev–Trinajstić information content (AvgIpc) is 2.59. The molecule has 0 aliphatic heterocycles. The first kappa shape index (κ1) is 18.6. The van der Waals surface area contributed by atoms with Crippen LogP contribution < -0.4 is 11.1 Å². The van der Waals surface area contributed by atoms with E-state index in [9.17, 15) is 4.79 Å². The van der Waals surface area contributed by atoms with Gasteiger partial charge in [0.15, 0.2) is 0 Å². The van der Waals surface area contributed by atoms with Crippen molar-refractivity contribution in [3.8, 4) is 0 Å². The number of benzene rings is 1. The van der Waals surface area contributed by atoms with Crippen LogP contribution >= 0.6 is 0 Å². The third-order valence-corrected chi connectivity index (χ3v) is 3.59. The number of hydrogen-bond donors (Lipinski definition) is 2. The number of nitrogen functional groups attached to an aromatic ring is 1. The van der Waals surface area contributed by atoms with Gasteiger partial charge in [0.1, 0.15) is 5.82 Å². The molecule has 25 heavy (non-hydrogen) atoms. The molecule has 1 aromatic carbocycles. The SMILES string of the molecule is CCC(COCc1ccccc1C(=O)OC)Nc1nc(C)nc(N)n1. The zero-order chi connectivity index (χ0) is 18.2. The molecule has 0 saturated heterocycles. The molecule has 2 aromatic rings. The van der Waals surface area contributed by atoms with Crippen LogP contribution in [-0.2, 0) is 16.1 Å². The highest BCUT2D eigenvalue weighted by atomic mass is 16.5. The number of aromatic nitrogens is 3. The van der Waals surface area contributed by atoms with E-state index >= 15 is 0 Å². The van der Waals surface area contributed by atoms with Gasteiger partial charge < -0.3 is 20.5 Å². The largest absolute Gasteiger partial charge is 0.465 e. The maximum absolute atomic E-state index is 11.8. The van der Waals surface area contributed by atoms with Crippen molar-refractivity contribution in [1.29, 1.82) is 0 Å². The van der Waals surface area contributed by atoms with E-state index in [1.165, 1.54) is 7.11 Å². The molecule has 3 N–H and O–H groups in total. The van der Waals surface area contributed by atoms with Crippen molar-refractivity contribution in [1.82, 2.24) is 15.0 Å². The van der Waals surface area contributed by atoms with Gasteiger partial charge in [-0.1, -0.05) is 25.1 Å². The number of esters is 1. The van der Waals surface area contributed by atoms with Crippen molar-refractivity contribution in [2.24, 2.45) is 0 Å². The minimum atomic E-state index is -0.375. The smallest absolute Gasteiger partial charge is 0.338 e. The molecular formula is C17H23N5O3. The van der Waals surface area contributed by atoms with Crippen LogP contribution in [0.1, 0.15) is 35.1 Å². The average molecular weight is 345 g/mol. The lowest BCUT2D eigenvalue weighted by molar-refractivity contribution is 0.0591. The van der Waals surface area contributed by atoms with Gasteiger partial charge in [0.2, 0.25) is 11.9 Å². The Morgan fingerprint density at radius 2 is 2.04 bits per heavy atom. The molecule has 0 spiro atoms. The summed E-state index contributed by atoms with van der Waals surface area (Å²) >= 11 is 0. The fraction of sp³-hybridized carbons (Fsp3) is 0.412. The third kappa shape index (κ3) is 5.39. The molecule has 0 saturated carbocycles. The lowest BCUT2D eigenvalue weighted by atomic mass is 10.1. The van der Waals surface area contributed by atoms with Gasteiger partial charge >= 0.3 is 5.97 Å². The molecule has 134 valence electrons. The van der Waals surface area contributed by atoms with Crippen molar-refractivity contribution in [2.45, 2.75) is 32.9 Å². The van der Waals surface area contributed by atoms with E-state index < -0.39 is 0 Å². The lowest BCUT2D eigenvalue weighted by Gasteiger charge is -2.17. The number of hydrogen-bond acceptors (Lipinski definition) is 8. The summed E-state index contributed by atoms with van der Waals surface area (Å²) in [5, 5.41) is 3.19. The molecule has 0 amide bonds. The maximum atomic E-state index is 11.8. The second-order valence-electron chi connectivity index (χ2n) is 5.48. The maximum Gasteiger partial charge on any atom is 0.338 e. The standard InChI is InChI=1S/C17H23N5O3/c1-4-13(21-17-20-11(2)19-16(18)22-17)10-25-9-12-7-5-6-8-14(12)15(23)24-3/h5-8,13H,4,9-10H2,1-3H3,(H3,18,19,20,21,22). The minimum absolute atomic E-state index is 0.00601. The van der Waals surface area contributed by atoms with Gasteiger partial charge in [-0.25, -0.2) is 4.79 Å². The number of carbonyl (C=O) groups excluding carboxylic acids is 1. The Morgan fingerprint density at radius 1 is 1.28 bits per heavy atom. The summed E-state index contributed by atoms with van der Waals surface area (Å²) < 4.78 is 10.6. The first-order chi connectivity index (χ1) is 12.0. The molecule has 1 heterocycles. The molecule has 2 rings (SSSR count). The molecule has 1 aromatic heterocycles. The summed E-state index contributed by atoms with van der Waals surface area (Å²) in [7, 11) is 1.36. The third-order valence-electron chi connectivity index (χ3n) is 3.59. The number of anilines is 2. The summed E-state index contributed by atoms with van der Waals surface area (Å²) in [6.45, 7) is 4.52. The van der Waals surface area contributed by atoms with E-state index in [0.29, 0.717) is 30.5 Å². The van der Waals surface area contributed by atoms with Gasteiger partial charge in [-0.3, -0.25) is 0 Å². The van der Waals surface area contributed by atoms with E-state index in [-0.39, 0.29) is 18.0 Å². The van der Waals surface area contributed by atoms with Crippen LogP contribution in [0.5, 0.6) is 0 Å². The van der Waals surface area contributed by atoms with Crippen molar-refractivity contribution >= 4 is 17.9 Å². The Kier molecular flexibility index (Phi) is 6.64. The van der Waals surface area contributed by atoms with Crippen LogP contribution in [0.2, 0.25) is 0 Å². The van der Waals surface area contributed by atoms with E-state index in [0.717, 1.165) is 12.0 Å². The van der Waals surface area contributed by atoms with Gasteiger partial charge in [0.25, 0.3) is 0 Å². The monoisotopic (exact) mass is 345 g/mol. The number of ether oxygens (including phenoxy) is 2. The molecule has 0 aliphatic rings. The van der Waals surface area contributed by atoms with Gasteiger partial charge in [-0.05, 0) is 25.0 Å². The molecule has 0 radical (unpaired) electrons. The predicted molar refractivity (Wildman–Crippen MR) is 94.1 cm³/mol. The van der Waals surface area contributed by atoms with Crippen LogP contribution in [0.3, 0.4) is 0 Å². The lowest BCUT2D eigenvalue weighted by Crippen LogP contribution is -2.26. The number of aryl methyl sites for hydroxylation is 1. The van der Waals surface area contributed by atoms with E-state index in [1.807, 2.05) is 19.1 Å². The normalized spacial score (nSPS) is 11.8. The van der Waals surface area contributed by atoms with E-state index in [1.54, 1.807) is 19.1 Å². The second kappa shape index (κ2) is 8.93. The molecule has 0 bridgehead atoms. The van der Waals surface area contributed by atoms with Crippen LogP contribution in [0, 0.1) is 6.92 Å². The number of rotatable bonds is 8. The van der Waals surface area contributed by atoms with Crippen molar-refractivity contribution in [3.05, 3.63) is 41.2 Å². The van der Waals surface area contributed by atoms with Crippen LogP contribution in [0.4, 0.5) is 11.9 Å². The fourth-order valence-corrected chi connectivity index (χ4v) is 2.28. The molecule has 8 heteroatoms. The molecule has 0 fully saturated rings. The summed E-state index contributed by atoms with van der Waals surface area (Å²) in [4.78, 5) is 24.0. The Hall–Kier alpha value is -2.74. The fourth-order valence-electron chi connectivity index (χ4n) is 2.28. The number of nitrogens with zero attached hydrogens (tertiary/aromatic N) is 3. The minimum Gasteiger partial charge on any atom is -0.465 e. The zero-order valence-electron chi connectivity index (χ0n) is 14.7.